The zero-order valence-electron chi connectivity index (χ0n) is 8.62. The van der Waals surface area contributed by atoms with Gasteiger partial charge in [0.05, 0.1) is 0 Å². The summed E-state index contributed by atoms with van der Waals surface area (Å²) in [5.74, 6) is 0. The van der Waals surface area contributed by atoms with Gasteiger partial charge in [0, 0.05) is 12.5 Å². The Hall–Kier alpha value is -0.320. The lowest BCUT2D eigenvalue weighted by atomic mass is 9.97. The van der Waals surface area contributed by atoms with Gasteiger partial charge in [0.15, 0.2) is 0 Å². The van der Waals surface area contributed by atoms with Gasteiger partial charge in [-0.3, -0.25) is 0 Å². The topological polar surface area (TPSA) is 12.0 Å². The molecule has 0 aromatic rings. The first-order chi connectivity index (χ1) is 6.99. The molecule has 0 bridgehead atoms. The Morgan fingerprint density at radius 1 is 1.27 bits per heavy atom. The predicted octanol–water partition coefficient (Wildman–Crippen LogP) is 3.20. The fourth-order valence-electron chi connectivity index (χ4n) is 1.89. The van der Waals surface area contributed by atoms with E-state index in [4.69, 9.17) is 0 Å². The van der Waals surface area contributed by atoms with Crippen molar-refractivity contribution in [1.82, 2.24) is 5.32 Å². The summed E-state index contributed by atoms with van der Waals surface area (Å²) in [6.45, 7) is 0.782. The molecule has 90 valence electrons. The second kappa shape index (κ2) is 5.68. The highest BCUT2D eigenvalue weighted by Gasteiger charge is 2.28. The lowest BCUT2D eigenvalue weighted by Gasteiger charge is -2.26. The fourth-order valence-corrected chi connectivity index (χ4v) is 1.89. The molecule has 1 heterocycles. The van der Waals surface area contributed by atoms with Crippen molar-refractivity contribution in [1.29, 1.82) is 0 Å². The van der Waals surface area contributed by atoms with Gasteiger partial charge in [0.25, 0.3) is 0 Å². The van der Waals surface area contributed by atoms with Gasteiger partial charge in [-0.25, -0.2) is 4.39 Å². The van der Waals surface area contributed by atoms with E-state index in [1.165, 1.54) is 0 Å². The molecule has 0 saturated carbocycles. The van der Waals surface area contributed by atoms with Gasteiger partial charge in [-0.2, -0.15) is 13.2 Å². The van der Waals surface area contributed by atoms with Crippen LogP contribution >= 0.6 is 0 Å². The van der Waals surface area contributed by atoms with Crippen LogP contribution in [0, 0.1) is 0 Å². The minimum atomic E-state index is -4.15. The molecule has 0 radical (unpaired) electrons. The third-order valence-corrected chi connectivity index (χ3v) is 2.73. The minimum Gasteiger partial charge on any atom is -0.311 e. The maximum Gasteiger partial charge on any atom is 0.389 e. The molecule has 0 aliphatic carbocycles. The molecule has 2 unspecified atom stereocenters. The molecule has 0 aromatic carbocycles. The molecule has 1 saturated heterocycles. The van der Waals surface area contributed by atoms with E-state index in [2.05, 4.69) is 5.32 Å². The number of alkyl halides is 4. The summed E-state index contributed by atoms with van der Waals surface area (Å²) in [6, 6.07) is -0.230. The summed E-state index contributed by atoms with van der Waals surface area (Å²) in [5.41, 5.74) is 0. The Balaban J connectivity index is 2.14. The van der Waals surface area contributed by atoms with Crippen molar-refractivity contribution < 1.29 is 17.6 Å². The van der Waals surface area contributed by atoms with Gasteiger partial charge in [-0.15, -0.1) is 0 Å². The van der Waals surface area contributed by atoms with Gasteiger partial charge < -0.3 is 5.32 Å². The van der Waals surface area contributed by atoms with Crippen molar-refractivity contribution in [2.24, 2.45) is 0 Å². The summed E-state index contributed by atoms with van der Waals surface area (Å²) < 4.78 is 48.9. The van der Waals surface area contributed by atoms with E-state index in [0.29, 0.717) is 0 Å². The highest BCUT2D eigenvalue weighted by atomic mass is 19.4. The van der Waals surface area contributed by atoms with Crippen LogP contribution in [0.2, 0.25) is 0 Å². The van der Waals surface area contributed by atoms with Crippen LogP contribution in [0.15, 0.2) is 0 Å². The van der Waals surface area contributed by atoms with Crippen molar-refractivity contribution in [3.8, 4) is 0 Å². The molecule has 0 amide bonds. The Morgan fingerprint density at radius 2 is 2.00 bits per heavy atom. The maximum absolute atomic E-state index is 13.4. The molecule has 0 spiro atoms. The zero-order valence-corrected chi connectivity index (χ0v) is 8.62. The van der Waals surface area contributed by atoms with E-state index >= 15 is 0 Å². The van der Waals surface area contributed by atoms with Crippen molar-refractivity contribution >= 4 is 0 Å². The average molecular weight is 227 g/mol. The maximum atomic E-state index is 13.4. The number of nitrogens with one attached hydrogen (secondary N) is 1. The van der Waals surface area contributed by atoms with E-state index in [1.54, 1.807) is 0 Å². The van der Waals surface area contributed by atoms with E-state index in [1.807, 2.05) is 0 Å². The summed E-state index contributed by atoms with van der Waals surface area (Å²) in [4.78, 5) is 0. The zero-order chi connectivity index (χ0) is 11.3. The Morgan fingerprint density at radius 3 is 2.53 bits per heavy atom. The molecule has 1 aliphatic rings. The lowest BCUT2D eigenvalue weighted by Crippen LogP contribution is -2.41. The standard InChI is InChI=1S/C10H17F4N/c11-8(4-3-6-10(12,13)14)9-5-1-2-7-15-9/h8-9,15H,1-7H2. The normalized spacial score (nSPS) is 25.2. The van der Waals surface area contributed by atoms with Crippen LogP contribution < -0.4 is 5.32 Å². The first-order valence-corrected chi connectivity index (χ1v) is 5.43. The van der Waals surface area contributed by atoms with Gasteiger partial charge in [0.2, 0.25) is 0 Å². The summed E-state index contributed by atoms with van der Waals surface area (Å²) >= 11 is 0. The highest BCUT2D eigenvalue weighted by molar-refractivity contribution is 4.79. The second-order valence-electron chi connectivity index (χ2n) is 4.08. The van der Waals surface area contributed by atoms with E-state index in [-0.39, 0.29) is 18.9 Å². The molecular weight excluding hydrogens is 210 g/mol. The number of rotatable bonds is 4. The molecule has 5 heteroatoms. The molecular formula is C10H17F4N. The molecule has 1 fully saturated rings. The SMILES string of the molecule is FC(CCCC(F)(F)F)C1CCCCN1. The third kappa shape index (κ3) is 5.35. The third-order valence-electron chi connectivity index (χ3n) is 2.73. The van der Waals surface area contributed by atoms with Gasteiger partial charge in [-0.05, 0) is 32.2 Å². The van der Waals surface area contributed by atoms with Crippen molar-refractivity contribution in [3.63, 3.8) is 0 Å². The van der Waals surface area contributed by atoms with E-state index < -0.39 is 18.8 Å². The Labute approximate surface area is 87.2 Å². The molecule has 1 aliphatic heterocycles. The number of halogens is 4. The van der Waals surface area contributed by atoms with Gasteiger partial charge >= 0.3 is 6.18 Å². The first-order valence-electron chi connectivity index (χ1n) is 5.43. The number of hydrogen-bond donors (Lipinski definition) is 1. The highest BCUT2D eigenvalue weighted by Crippen LogP contribution is 2.24. The largest absolute Gasteiger partial charge is 0.389 e. The summed E-state index contributed by atoms with van der Waals surface area (Å²) in [5, 5.41) is 3.01. The monoisotopic (exact) mass is 227 g/mol. The average Bonchev–Trinajstić information content (AvgIpc) is 2.17. The van der Waals surface area contributed by atoms with Crippen LogP contribution in [-0.2, 0) is 0 Å². The Bertz CT molecular complexity index is 175. The lowest BCUT2D eigenvalue weighted by molar-refractivity contribution is -0.136. The smallest absolute Gasteiger partial charge is 0.311 e. The van der Waals surface area contributed by atoms with Gasteiger partial charge in [0.1, 0.15) is 6.17 Å². The molecule has 1 N–H and O–H groups in total. The number of piperidine rings is 1. The van der Waals surface area contributed by atoms with Crippen molar-refractivity contribution in [2.75, 3.05) is 6.54 Å². The second-order valence-corrected chi connectivity index (χ2v) is 4.08. The summed E-state index contributed by atoms with van der Waals surface area (Å²) in [7, 11) is 0. The van der Waals surface area contributed by atoms with Crippen LogP contribution in [0.5, 0.6) is 0 Å². The predicted molar refractivity (Wildman–Crippen MR) is 50.4 cm³/mol. The van der Waals surface area contributed by atoms with Crippen LogP contribution in [0.1, 0.15) is 38.5 Å². The van der Waals surface area contributed by atoms with Crippen LogP contribution in [-0.4, -0.2) is 24.9 Å². The molecule has 2 atom stereocenters. The minimum absolute atomic E-state index is 0.0111. The van der Waals surface area contributed by atoms with E-state index in [9.17, 15) is 17.6 Å². The van der Waals surface area contributed by atoms with Crippen LogP contribution in [0.4, 0.5) is 17.6 Å². The molecule has 15 heavy (non-hydrogen) atoms. The van der Waals surface area contributed by atoms with E-state index in [0.717, 1.165) is 25.8 Å². The van der Waals surface area contributed by atoms with Crippen LogP contribution in [0.3, 0.4) is 0 Å². The van der Waals surface area contributed by atoms with Crippen molar-refractivity contribution in [2.45, 2.75) is 56.9 Å². The fraction of sp³-hybridized carbons (Fsp3) is 1.00. The Kier molecular flexibility index (Phi) is 4.83. The first kappa shape index (κ1) is 12.7. The molecule has 1 rings (SSSR count). The number of hydrogen-bond acceptors (Lipinski definition) is 1. The molecule has 0 aromatic heterocycles. The molecule has 1 nitrogen and oxygen atoms in total. The summed E-state index contributed by atoms with van der Waals surface area (Å²) in [6.07, 6.45) is -3.51. The van der Waals surface area contributed by atoms with Crippen molar-refractivity contribution in [3.05, 3.63) is 0 Å². The quantitative estimate of drug-likeness (QED) is 0.727. The van der Waals surface area contributed by atoms with Crippen LogP contribution in [0.25, 0.3) is 0 Å². The van der Waals surface area contributed by atoms with Gasteiger partial charge in [-0.1, -0.05) is 6.42 Å².